The van der Waals surface area contributed by atoms with Gasteiger partial charge in [-0.2, -0.15) is 0 Å². The number of rotatable bonds is 3. The summed E-state index contributed by atoms with van der Waals surface area (Å²) in [5.41, 5.74) is 6.00. The number of nitrogens with two attached hydrogens (primary N) is 1. The first kappa shape index (κ1) is 13.0. The van der Waals surface area contributed by atoms with Crippen LogP contribution in [0.1, 0.15) is 18.4 Å². The largest absolute Gasteiger partial charge is 0.369 e. The van der Waals surface area contributed by atoms with Crippen molar-refractivity contribution in [2.24, 2.45) is 11.7 Å². The summed E-state index contributed by atoms with van der Waals surface area (Å²) >= 11 is 0. The van der Waals surface area contributed by atoms with Gasteiger partial charge in [0.25, 0.3) is 0 Å². The molecule has 1 fully saturated rings. The lowest BCUT2D eigenvalue weighted by molar-refractivity contribution is -0.123. The Morgan fingerprint density at radius 2 is 2.17 bits per heavy atom. The monoisotopic (exact) mass is 254 g/mol. The van der Waals surface area contributed by atoms with Crippen LogP contribution in [0.2, 0.25) is 0 Å². The molecule has 0 saturated carbocycles. The Balaban J connectivity index is 2.00. The average Bonchev–Trinajstić information content (AvgIpc) is 2.34. The zero-order valence-electron chi connectivity index (χ0n) is 10.0. The van der Waals surface area contributed by atoms with Gasteiger partial charge in [-0.25, -0.2) is 8.78 Å². The summed E-state index contributed by atoms with van der Waals surface area (Å²) in [6.45, 7) is 1.96. The van der Waals surface area contributed by atoms with Gasteiger partial charge >= 0.3 is 0 Å². The maximum absolute atomic E-state index is 13.1. The highest BCUT2D eigenvalue weighted by atomic mass is 19.2. The second-order valence-corrected chi connectivity index (χ2v) is 4.73. The van der Waals surface area contributed by atoms with Crippen LogP contribution >= 0.6 is 0 Å². The Hall–Kier alpha value is -1.49. The number of amides is 1. The SMILES string of the molecule is NC(=O)[C@@H]1CCCN(Cc2ccc(F)c(F)c2)C1. The van der Waals surface area contributed by atoms with Crippen LogP contribution in [-0.2, 0) is 11.3 Å². The smallest absolute Gasteiger partial charge is 0.221 e. The van der Waals surface area contributed by atoms with E-state index in [-0.39, 0.29) is 11.8 Å². The number of carbonyl (C=O) groups excluding carboxylic acids is 1. The highest BCUT2D eigenvalue weighted by molar-refractivity contribution is 5.76. The van der Waals surface area contributed by atoms with Crippen molar-refractivity contribution in [3.05, 3.63) is 35.4 Å². The Labute approximate surface area is 105 Å². The van der Waals surface area contributed by atoms with Crippen LogP contribution in [0, 0.1) is 17.6 Å². The highest BCUT2D eigenvalue weighted by Crippen LogP contribution is 2.19. The Kier molecular flexibility index (Phi) is 3.91. The molecule has 1 aromatic carbocycles. The Bertz CT molecular complexity index is 451. The average molecular weight is 254 g/mol. The molecule has 5 heteroatoms. The summed E-state index contributed by atoms with van der Waals surface area (Å²) in [6.07, 6.45) is 1.71. The molecule has 1 amide bonds. The van der Waals surface area contributed by atoms with Crippen LogP contribution in [0.25, 0.3) is 0 Å². The van der Waals surface area contributed by atoms with E-state index in [0.29, 0.717) is 18.7 Å². The van der Waals surface area contributed by atoms with Gasteiger partial charge < -0.3 is 5.73 Å². The summed E-state index contributed by atoms with van der Waals surface area (Å²) < 4.78 is 25.9. The molecule has 0 radical (unpaired) electrons. The number of carbonyl (C=O) groups is 1. The Morgan fingerprint density at radius 1 is 1.39 bits per heavy atom. The maximum Gasteiger partial charge on any atom is 0.221 e. The molecule has 18 heavy (non-hydrogen) atoms. The number of piperidine rings is 1. The van der Waals surface area contributed by atoms with Crippen molar-refractivity contribution in [2.45, 2.75) is 19.4 Å². The topological polar surface area (TPSA) is 46.3 Å². The second-order valence-electron chi connectivity index (χ2n) is 4.73. The van der Waals surface area contributed by atoms with Gasteiger partial charge in [0.15, 0.2) is 11.6 Å². The third-order valence-electron chi connectivity index (χ3n) is 3.30. The first-order valence-electron chi connectivity index (χ1n) is 6.02. The van der Waals surface area contributed by atoms with Crippen molar-refractivity contribution < 1.29 is 13.6 Å². The Morgan fingerprint density at radius 3 is 2.83 bits per heavy atom. The van der Waals surface area contributed by atoms with Crippen molar-refractivity contribution in [1.82, 2.24) is 4.90 Å². The number of benzene rings is 1. The van der Waals surface area contributed by atoms with Gasteiger partial charge in [0, 0.05) is 13.1 Å². The molecule has 1 saturated heterocycles. The molecule has 0 aliphatic carbocycles. The number of hydrogen-bond acceptors (Lipinski definition) is 2. The van der Waals surface area contributed by atoms with Crippen molar-refractivity contribution in [2.75, 3.05) is 13.1 Å². The molecular weight excluding hydrogens is 238 g/mol. The zero-order valence-corrected chi connectivity index (χ0v) is 10.0. The number of likely N-dealkylation sites (tertiary alicyclic amines) is 1. The number of hydrogen-bond donors (Lipinski definition) is 1. The molecule has 2 N–H and O–H groups in total. The van der Waals surface area contributed by atoms with E-state index in [4.69, 9.17) is 5.73 Å². The number of primary amides is 1. The van der Waals surface area contributed by atoms with Gasteiger partial charge in [-0.1, -0.05) is 6.07 Å². The molecule has 0 unspecified atom stereocenters. The summed E-state index contributed by atoms with van der Waals surface area (Å²) in [7, 11) is 0. The van der Waals surface area contributed by atoms with Crippen molar-refractivity contribution >= 4 is 5.91 Å². The minimum atomic E-state index is -0.840. The highest BCUT2D eigenvalue weighted by Gasteiger charge is 2.23. The molecule has 1 aromatic rings. The van der Waals surface area contributed by atoms with E-state index in [1.165, 1.54) is 6.07 Å². The fourth-order valence-corrected chi connectivity index (χ4v) is 2.33. The van der Waals surface area contributed by atoms with E-state index >= 15 is 0 Å². The van der Waals surface area contributed by atoms with Gasteiger partial charge in [0.05, 0.1) is 5.92 Å². The fourth-order valence-electron chi connectivity index (χ4n) is 2.33. The fraction of sp³-hybridized carbons (Fsp3) is 0.462. The molecular formula is C13H16F2N2O. The number of halogens is 2. The van der Waals surface area contributed by atoms with E-state index in [9.17, 15) is 13.6 Å². The van der Waals surface area contributed by atoms with Crippen LogP contribution in [-0.4, -0.2) is 23.9 Å². The molecule has 0 bridgehead atoms. The lowest BCUT2D eigenvalue weighted by atomic mass is 9.97. The first-order valence-corrected chi connectivity index (χ1v) is 6.02. The normalized spacial score (nSPS) is 20.9. The van der Waals surface area contributed by atoms with E-state index in [2.05, 4.69) is 0 Å². The predicted molar refractivity (Wildman–Crippen MR) is 63.6 cm³/mol. The molecule has 1 aliphatic rings. The van der Waals surface area contributed by atoms with Gasteiger partial charge in [-0.05, 0) is 37.1 Å². The third-order valence-corrected chi connectivity index (χ3v) is 3.30. The predicted octanol–water partition coefficient (Wildman–Crippen LogP) is 1.66. The standard InChI is InChI=1S/C13H16F2N2O/c14-11-4-3-9(6-12(11)15)7-17-5-1-2-10(8-17)13(16)18/h3-4,6,10H,1-2,5,7-8H2,(H2,16,18)/t10-/m1/s1. The van der Waals surface area contributed by atoms with Crippen LogP contribution in [0.15, 0.2) is 18.2 Å². The molecule has 0 aromatic heterocycles. The van der Waals surface area contributed by atoms with E-state index in [0.717, 1.165) is 25.5 Å². The van der Waals surface area contributed by atoms with Crippen LogP contribution in [0.3, 0.4) is 0 Å². The molecule has 2 rings (SSSR count). The molecule has 3 nitrogen and oxygen atoms in total. The minimum absolute atomic E-state index is 0.135. The number of nitrogens with zero attached hydrogens (tertiary/aromatic N) is 1. The van der Waals surface area contributed by atoms with Crippen LogP contribution in [0.4, 0.5) is 8.78 Å². The lowest BCUT2D eigenvalue weighted by Gasteiger charge is -2.31. The van der Waals surface area contributed by atoms with Crippen molar-refractivity contribution in [3.63, 3.8) is 0 Å². The van der Waals surface area contributed by atoms with E-state index < -0.39 is 11.6 Å². The maximum atomic E-state index is 13.1. The quantitative estimate of drug-likeness (QED) is 0.891. The van der Waals surface area contributed by atoms with E-state index in [1.807, 2.05) is 4.90 Å². The lowest BCUT2D eigenvalue weighted by Crippen LogP contribution is -2.40. The van der Waals surface area contributed by atoms with Crippen molar-refractivity contribution in [1.29, 1.82) is 0 Å². The molecule has 0 spiro atoms. The van der Waals surface area contributed by atoms with Crippen LogP contribution in [0.5, 0.6) is 0 Å². The second kappa shape index (κ2) is 5.44. The molecule has 1 aliphatic heterocycles. The molecule has 98 valence electrons. The molecule has 1 heterocycles. The van der Waals surface area contributed by atoms with Crippen LogP contribution < -0.4 is 5.73 Å². The van der Waals surface area contributed by atoms with Gasteiger partial charge in [0.1, 0.15) is 0 Å². The van der Waals surface area contributed by atoms with Crippen molar-refractivity contribution in [3.8, 4) is 0 Å². The zero-order chi connectivity index (χ0) is 13.1. The molecule has 1 atom stereocenters. The summed E-state index contributed by atoms with van der Waals surface area (Å²) in [5.74, 6) is -2.10. The van der Waals surface area contributed by atoms with Gasteiger partial charge in [-0.15, -0.1) is 0 Å². The van der Waals surface area contributed by atoms with E-state index in [1.54, 1.807) is 6.07 Å². The third kappa shape index (κ3) is 3.04. The summed E-state index contributed by atoms with van der Waals surface area (Å²) in [5, 5.41) is 0. The summed E-state index contributed by atoms with van der Waals surface area (Å²) in [6, 6.07) is 3.88. The summed E-state index contributed by atoms with van der Waals surface area (Å²) in [4.78, 5) is 13.2. The van der Waals surface area contributed by atoms with Gasteiger partial charge in [-0.3, -0.25) is 9.69 Å². The first-order chi connectivity index (χ1) is 8.56. The minimum Gasteiger partial charge on any atom is -0.369 e. The van der Waals surface area contributed by atoms with Gasteiger partial charge in [0.2, 0.25) is 5.91 Å².